The molecule has 2 aromatic heterocycles. The Hall–Kier alpha value is -1.38. The molecule has 0 bridgehead atoms. The highest BCUT2D eigenvalue weighted by molar-refractivity contribution is 7.05. The monoisotopic (exact) mass is 308 g/mol. The molecule has 0 saturated carbocycles. The summed E-state index contributed by atoms with van der Waals surface area (Å²) in [6.07, 6.45) is 1.93. The number of nitrogens with zero attached hydrogens (tertiary/aromatic N) is 5. The smallest absolute Gasteiger partial charge is 0.145 e. The molecule has 0 spiro atoms. The van der Waals surface area contributed by atoms with E-state index >= 15 is 0 Å². The molecule has 3 heterocycles. The van der Waals surface area contributed by atoms with E-state index in [1.807, 2.05) is 0 Å². The molecule has 0 radical (unpaired) electrons. The number of rotatable bonds is 5. The molecule has 3 rings (SSSR count). The first-order chi connectivity index (χ1) is 10.2. The zero-order valence-corrected chi connectivity index (χ0v) is 13.3. The van der Waals surface area contributed by atoms with Gasteiger partial charge < -0.3 is 4.74 Å². The van der Waals surface area contributed by atoms with Gasteiger partial charge in [0.2, 0.25) is 0 Å². The number of hydrogen-bond acceptors (Lipinski definition) is 7. The van der Waals surface area contributed by atoms with Crippen molar-refractivity contribution in [1.82, 2.24) is 29.7 Å². The number of nitrogens with one attached hydrogen (secondary N) is 1. The summed E-state index contributed by atoms with van der Waals surface area (Å²) < 4.78 is 10.0. The van der Waals surface area contributed by atoms with Crippen LogP contribution in [0.3, 0.4) is 0 Å². The number of aromatic nitrogens is 5. The van der Waals surface area contributed by atoms with E-state index in [1.165, 1.54) is 11.5 Å². The predicted molar refractivity (Wildman–Crippen MR) is 79.2 cm³/mol. The van der Waals surface area contributed by atoms with Crippen molar-refractivity contribution in [1.29, 1.82) is 0 Å². The number of methoxy groups -OCH3 is 1. The van der Waals surface area contributed by atoms with Crippen molar-refractivity contribution < 1.29 is 4.74 Å². The van der Waals surface area contributed by atoms with E-state index in [9.17, 15) is 0 Å². The lowest BCUT2D eigenvalue weighted by Crippen LogP contribution is -2.22. The fourth-order valence-corrected chi connectivity index (χ4v) is 3.48. The first-order valence-corrected chi connectivity index (χ1v) is 7.88. The minimum atomic E-state index is 0.146. The molecule has 8 heteroatoms. The van der Waals surface area contributed by atoms with Crippen molar-refractivity contribution in [3.8, 4) is 0 Å². The fraction of sp³-hybridized carbons (Fsp3) is 0.692. The van der Waals surface area contributed by atoms with Gasteiger partial charge in [-0.3, -0.25) is 4.90 Å². The molecular weight excluding hydrogens is 288 g/mol. The van der Waals surface area contributed by atoms with Gasteiger partial charge in [0.1, 0.15) is 10.8 Å². The Balaban J connectivity index is 1.67. The molecule has 2 aromatic rings. The molecule has 0 unspecified atom stereocenters. The SMILES string of the molecule is CO[C@@H]1CN(Cc2nc(C(C)C)ns2)C[C@H]1c1cn[nH]n1. The summed E-state index contributed by atoms with van der Waals surface area (Å²) >= 11 is 1.49. The van der Waals surface area contributed by atoms with Gasteiger partial charge in [-0.05, 0) is 11.5 Å². The average Bonchev–Trinajstić information content (AvgIpc) is 3.18. The van der Waals surface area contributed by atoms with Crippen molar-refractivity contribution in [2.75, 3.05) is 20.2 Å². The molecule has 114 valence electrons. The van der Waals surface area contributed by atoms with Crippen LogP contribution in [0.15, 0.2) is 6.20 Å². The normalized spacial score (nSPS) is 23.2. The van der Waals surface area contributed by atoms with Gasteiger partial charge in [-0.1, -0.05) is 13.8 Å². The number of ether oxygens (including phenoxy) is 1. The standard InChI is InChI=1S/C13H20N6OS/c1-8(2)13-15-12(21-17-13)7-19-5-9(11(6-19)20-3)10-4-14-18-16-10/h4,8-9,11H,5-7H2,1-3H3,(H,14,16,18)/t9-,11+/m0/s1. The summed E-state index contributed by atoms with van der Waals surface area (Å²) in [6.45, 7) is 6.83. The van der Waals surface area contributed by atoms with Crippen LogP contribution in [0, 0.1) is 0 Å². The van der Waals surface area contributed by atoms with Gasteiger partial charge in [-0.15, -0.1) is 0 Å². The first kappa shape index (κ1) is 14.6. The van der Waals surface area contributed by atoms with Crippen LogP contribution in [0.25, 0.3) is 0 Å². The van der Waals surface area contributed by atoms with Gasteiger partial charge in [-0.25, -0.2) is 4.98 Å². The highest BCUT2D eigenvalue weighted by Crippen LogP contribution is 2.29. The number of aromatic amines is 1. The third-order valence-corrected chi connectivity index (χ3v) is 4.53. The highest BCUT2D eigenvalue weighted by atomic mass is 32.1. The Kier molecular flexibility index (Phi) is 4.27. The second-order valence-corrected chi connectivity index (χ2v) is 6.51. The van der Waals surface area contributed by atoms with Crippen molar-refractivity contribution >= 4 is 11.5 Å². The van der Waals surface area contributed by atoms with Crippen molar-refractivity contribution in [3.63, 3.8) is 0 Å². The minimum absolute atomic E-state index is 0.146. The zero-order valence-electron chi connectivity index (χ0n) is 12.5. The van der Waals surface area contributed by atoms with Gasteiger partial charge in [0.15, 0.2) is 0 Å². The van der Waals surface area contributed by atoms with Crippen LogP contribution in [-0.4, -0.2) is 56.0 Å². The zero-order chi connectivity index (χ0) is 14.8. The number of likely N-dealkylation sites (tertiary alicyclic amines) is 1. The highest BCUT2D eigenvalue weighted by Gasteiger charge is 2.35. The second-order valence-electron chi connectivity index (χ2n) is 5.67. The Morgan fingerprint density at radius 2 is 2.33 bits per heavy atom. The molecule has 1 N–H and O–H groups in total. The van der Waals surface area contributed by atoms with Crippen molar-refractivity contribution in [3.05, 3.63) is 22.7 Å². The molecular formula is C13H20N6OS. The second kappa shape index (κ2) is 6.17. The summed E-state index contributed by atoms with van der Waals surface area (Å²) in [7, 11) is 1.75. The quantitative estimate of drug-likeness (QED) is 0.899. The summed E-state index contributed by atoms with van der Waals surface area (Å²) in [5.74, 6) is 1.57. The van der Waals surface area contributed by atoms with Crippen LogP contribution in [0.1, 0.15) is 42.2 Å². The third-order valence-electron chi connectivity index (χ3n) is 3.82. The lowest BCUT2D eigenvalue weighted by atomic mass is 10.0. The van der Waals surface area contributed by atoms with Crippen LogP contribution in [0.2, 0.25) is 0 Å². The van der Waals surface area contributed by atoms with Crippen LogP contribution in [0.5, 0.6) is 0 Å². The summed E-state index contributed by atoms with van der Waals surface area (Å²) in [5.41, 5.74) is 0.962. The molecule has 1 aliphatic heterocycles. The largest absolute Gasteiger partial charge is 0.379 e. The maximum absolute atomic E-state index is 5.60. The Labute approximate surface area is 127 Å². The Morgan fingerprint density at radius 3 is 2.95 bits per heavy atom. The molecule has 0 aliphatic carbocycles. The molecule has 1 aliphatic rings. The lowest BCUT2D eigenvalue weighted by molar-refractivity contribution is 0.0957. The minimum Gasteiger partial charge on any atom is -0.379 e. The van der Waals surface area contributed by atoms with Crippen LogP contribution < -0.4 is 0 Å². The van der Waals surface area contributed by atoms with Gasteiger partial charge >= 0.3 is 0 Å². The maximum atomic E-state index is 5.60. The molecule has 7 nitrogen and oxygen atoms in total. The third kappa shape index (κ3) is 3.12. The Bertz CT molecular complexity index is 569. The number of H-pyrrole nitrogens is 1. The molecule has 1 fully saturated rings. The van der Waals surface area contributed by atoms with Crippen molar-refractivity contribution in [2.45, 2.75) is 38.3 Å². The van der Waals surface area contributed by atoms with E-state index < -0.39 is 0 Å². The predicted octanol–water partition coefficient (Wildman–Crippen LogP) is 1.39. The molecule has 1 saturated heterocycles. The molecule has 0 aromatic carbocycles. The van der Waals surface area contributed by atoms with Gasteiger partial charge in [0.05, 0.1) is 24.5 Å². The van der Waals surface area contributed by atoms with E-state index in [2.05, 4.69) is 43.5 Å². The summed E-state index contributed by atoms with van der Waals surface area (Å²) in [5, 5.41) is 11.8. The summed E-state index contributed by atoms with van der Waals surface area (Å²) in [4.78, 5) is 6.95. The van der Waals surface area contributed by atoms with Gasteiger partial charge in [-0.2, -0.15) is 19.8 Å². The molecule has 0 amide bonds. The topological polar surface area (TPSA) is 79.8 Å². The fourth-order valence-electron chi connectivity index (χ4n) is 2.65. The van der Waals surface area contributed by atoms with Gasteiger partial charge in [0, 0.05) is 32.0 Å². The van der Waals surface area contributed by atoms with Crippen LogP contribution >= 0.6 is 11.5 Å². The first-order valence-electron chi connectivity index (χ1n) is 7.10. The maximum Gasteiger partial charge on any atom is 0.145 e. The van der Waals surface area contributed by atoms with Gasteiger partial charge in [0.25, 0.3) is 0 Å². The lowest BCUT2D eigenvalue weighted by Gasteiger charge is -2.13. The van der Waals surface area contributed by atoms with E-state index in [0.29, 0.717) is 5.92 Å². The average molecular weight is 308 g/mol. The van der Waals surface area contributed by atoms with E-state index in [-0.39, 0.29) is 12.0 Å². The molecule has 21 heavy (non-hydrogen) atoms. The van der Waals surface area contributed by atoms with Crippen LogP contribution in [-0.2, 0) is 11.3 Å². The Morgan fingerprint density at radius 1 is 1.48 bits per heavy atom. The molecule has 2 atom stereocenters. The van der Waals surface area contributed by atoms with E-state index in [4.69, 9.17) is 4.74 Å². The number of hydrogen-bond donors (Lipinski definition) is 1. The van der Waals surface area contributed by atoms with E-state index in [0.717, 1.165) is 36.2 Å². The van der Waals surface area contributed by atoms with E-state index in [1.54, 1.807) is 13.3 Å². The van der Waals surface area contributed by atoms with Crippen LogP contribution in [0.4, 0.5) is 0 Å². The van der Waals surface area contributed by atoms with Crippen molar-refractivity contribution in [2.24, 2.45) is 0 Å². The summed E-state index contributed by atoms with van der Waals surface area (Å²) in [6, 6.07) is 0.